The lowest BCUT2D eigenvalue weighted by Crippen LogP contribution is -2.38. The summed E-state index contributed by atoms with van der Waals surface area (Å²) in [5.41, 5.74) is 0.443. The van der Waals surface area contributed by atoms with Gasteiger partial charge in [-0.05, 0) is 37.3 Å². The van der Waals surface area contributed by atoms with Crippen LogP contribution in [0.15, 0.2) is 18.2 Å². The summed E-state index contributed by atoms with van der Waals surface area (Å²) in [6, 6.07) is 7.76. The fraction of sp³-hybridized carbons (Fsp3) is 0.538. The number of rotatable bonds is 1. The fourth-order valence-electron chi connectivity index (χ4n) is 3.18. The molecule has 1 saturated heterocycles. The quantitative estimate of drug-likeness (QED) is 0.788. The van der Waals surface area contributed by atoms with E-state index in [1.807, 2.05) is 12.1 Å². The smallest absolute Gasteiger partial charge is 0.142 e. The largest absolute Gasteiger partial charge is 0.391 e. The average Bonchev–Trinajstić information content (AvgIpc) is 2.93. The Balaban J connectivity index is 1.91. The molecule has 0 amide bonds. The summed E-state index contributed by atoms with van der Waals surface area (Å²) in [4.78, 5) is 6.49. The van der Waals surface area contributed by atoms with Crippen molar-refractivity contribution >= 4 is 5.82 Å². The molecular weight excluding hydrogens is 214 g/mol. The van der Waals surface area contributed by atoms with Crippen molar-refractivity contribution in [1.29, 1.82) is 5.26 Å². The Kier molecular flexibility index (Phi) is 2.49. The van der Waals surface area contributed by atoms with Crippen molar-refractivity contribution in [1.82, 2.24) is 4.98 Å². The van der Waals surface area contributed by atoms with Crippen LogP contribution < -0.4 is 4.90 Å². The van der Waals surface area contributed by atoms with E-state index in [0.717, 1.165) is 31.6 Å². The number of pyridine rings is 1. The Morgan fingerprint density at radius 3 is 3.06 bits per heavy atom. The minimum Gasteiger partial charge on any atom is -0.391 e. The van der Waals surface area contributed by atoms with Gasteiger partial charge in [-0.25, -0.2) is 4.98 Å². The van der Waals surface area contributed by atoms with E-state index in [1.54, 1.807) is 6.07 Å². The Hall–Kier alpha value is -1.60. The second-order valence-corrected chi connectivity index (χ2v) is 4.87. The molecular formula is C13H15N3O. The minimum atomic E-state index is -0.241. The van der Waals surface area contributed by atoms with Gasteiger partial charge in [-0.1, -0.05) is 6.07 Å². The molecule has 2 fully saturated rings. The third kappa shape index (κ3) is 1.67. The molecule has 2 heterocycles. The SMILES string of the molecule is N#Cc1cccc(N2CC[C@H]3CC[C@@H](O)[C@H]32)n1. The van der Waals surface area contributed by atoms with Gasteiger partial charge in [-0.3, -0.25) is 0 Å². The number of aliphatic hydroxyl groups excluding tert-OH is 1. The van der Waals surface area contributed by atoms with Crippen LogP contribution in [-0.2, 0) is 0 Å². The second kappa shape index (κ2) is 4.01. The Morgan fingerprint density at radius 2 is 2.24 bits per heavy atom. The first-order chi connectivity index (χ1) is 8.29. The van der Waals surface area contributed by atoms with Crippen LogP contribution in [0.3, 0.4) is 0 Å². The molecule has 4 nitrogen and oxygen atoms in total. The van der Waals surface area contributed by atoms with Crippen LogP contribution in [0, 0.1) is 17.2 Å². The van der Waals surface area contributed by atoms with Gasteiger partial charge < -0.3 is 10.0 Å². The number of nitrogens with zero attached hydrogens (tertiary/aromatic N) is 3. The van der Waals surface area contributed by atoms with Crippen LogP contribution in [0.2, 0.25) is 0 Å². The minimum absolute atomic E-state index is 0.205. The Bertz CT molecular complexity index is 468. The predicted molar refractivity (Wildman–Crippen MR) is 63.4 cm³/mol. The molecule has 88 valence electrons. The highest BCUT2D eigenvalue weighted by Crippen LogP contribution is 2.39. The maximum Gasteiger partial charge on any atom is 0.142 e. The highest BCUT2D eigenvalue weighted by Gasteiger charge is 2.43. The van der Waals surface area contributed by atoms with Gasteiger partial charge in [0.1, 0.15) is 17.6 Å². The molecule has 3 rings (SSSR count). The molecule has 0 unspecified atom stereocenters. The van der Waals surface area contributed by atoms with Crippen molar-refractivity contribution < 1.29 is 5.11 Å². The summed E-state index contributed by atoms with van der Waals surface area (Å²) < 4.78 is 0. The molecule has 1 aliphatic carbocycles. The third-order valence-electron chi connectivity index (χ3n) is 3.95. The maximum absolute atomic E-state index is 10.0. The van der Waals surface area contributed by atoms with Gasteiger partial charge in [0.2, 0.25) is 0 Å². The van der Waals surface area contributed by atoms with E-state index >= 15 is 0 Å². The fourth-order valence-corrected chi connectivity index (χ4v) is 3.18. The zero-order chi connectivity index (χ0) is 11.8. The van der Waals surface area contributed by atoms with Gasteiger partial charge in [0.25, 0.3) is 0 Å². The molecule has 0 bridgehead atoms. The molecule has 0 aromatic carbocycles. The molecule has 17 heavy (non-hydrogen) atoms. The molecule has 0 spiro atoms. The monoisotopic (exact) mass is 229 g/mol. The number of aromatic nitrogens is 1. The second-order valence-electron chi connectivity index (χ2n) is 4.87. The van der Waals surface area contributed by atoms with E-state index in [0.29, 0.717) is 11.6 Å². The van der Waals surface area contributed by atoms with Crippen molar-refractivity contribution in [2.75, 3.05) is 11.4 Å². The van der Waals surface area contributed by atoms with Crippen LogP contribution in [0.1, 0.15) is 25.0 Å². The number of hydrogen-bond acceptors (Lipinski definition) is 4. The highest BCUT2D eigenvalue weighted by molar-refractivity contribution is 5.45. The molecule has 4 heteroatoms. The number of aliphatic hydroxyl groups is 1. The van der Waals surface area contributed by atoms with Crippen molar-refractivity contribution in [2.45, 2.75) is 31.4 Å². The van der Waals surface area contributed by atoms with E-state index in [9.17, 15) is 5.11 Å². The number of nitriles is 1. The first-order valence-corrected chi connectivity index (χ1v) is 6.11. The van der Waals surface area contributed by atoms with Crippen LogP contribution in [0.5, 0.6) is 0 Å². The number of fused-ring (bicyclic) bond motifs is 1. The van der Waals surface area contributed by atoms with Gasteiger partial charge in [-0.2, -0.15) is 5.26 Å². The Morgan fingerprint density at radius 1 is 1.35 bits per heavy atom. The summed E-state index contributed by atoms with van der Waals surface area (Å²) in [5.74, 6) is 1.43. The van der Waals surface area contributed by atoms with E-state index in [2.05, 4.69) is 16.0 Å². The lowest BCUT2D eigenvalue weighted by molar-refractivity contribution is 0.160. The summed E-state index contributed by atoms with van der Waals surface area (Å²) in [6.45, 7) is 0.939. The van der Waals surface area contributed by atoms with Gasteiger partial charge in [0.15, 0.2) is 0 Å². The van der Waals surface area contributed by atoms with E-state index < -0.39 is 0 Å². The summed E-state index contributed by atoms with van der Waals surface area (Å²) in [7, 11) is 0. The van der Waals surface area contributed by atoms with Crippen molar-refractivity contribution in [3.63, 3.8) is 0 Å². The van der Waals surface area contributed by atoms with Crippen molar-refractivity contribution in [2.24, 2.45) is 5.92 Å². The van der Waals surface area contributed by atoms with Gasteiger partial charge >= 0.3 is 0 Å². The van der Waals surface area contributed by atoms with E-state index in [1.165, 1.54) is 0 Å². The van der Waals surface area contributed by atoms with Gasteiger partial charge in [-0.15, -0.1) is 0 Å². The van der Waals surface area contributed by atoms with Gasteiger partial charge in [0, 0.05) is 6.54 Å². The maximum atomic E-state index is 10.0. The molecule has 1 saturated carbocycles. The lowest BCUT2D eigenvalue weighted by Gasteiger charge is -2.27. The number of anilines is 1. The summed E-state index contributed by atoms with van der Waals surface area (Å²) >= 11 is 0. The zero-order valence-electron chi connectivity index (χ0n) is 9.58. The van der Waals surface area contributed by atoms with Crippen molar-refractivity contribution in [3.8, 4) is 6.07 Å². The van der Waals surface area contributed by atoms with E-state index in [4.69, 9.17) is 5.26 Å². The van der Waals surface area contributed by atoms with Crippen LogP contribution in [0.4, 0.5) is 5.82 Å². The molecule has 3 atom stereocenters. The standard InChI is InChI=1S/C13H15N3O/c14-8-10-2-1-3-12(15-10)16-7-6-9-4-5-11(17)13(9)16/h1-3,9,11,13,17H,4-7H2/t9-,11-,13+/m1/s1. The number of hydrogen-bond donors (Lipinski definition) is 1. The summed E-state index contributed by atoms with van der Waals surface area (Å²) in [6.07, 6.45) is 2.89. The first-order valence-electron chi connectivity index (χ1n) is 6.11. The highest BCUT2D eigenvalue weighted by atomic mass is 16.3. The van der Waals surface area contributed by atoms with Crippen molar-refractivity contribution in [3.05, 3.63) is 23.9 Å². The normalized spacial score (nSPS) is 31.3. The molecule has 1 aliphatic heterocycles. The third-order valence-corrected chi connectivity index (χ3v) is 3.95. The first kappa shape index (κ1) is 10.5. The lowest BCUT2D eigenvalue weighted by atomic mass is 10.0. The van der Waals surface area contributed by atoms with Crippen LogP contribution in [0.25, 0.3) is 0 Å². The summed E-state index contributed by atoms with van der Waals surface area (Å²) in [5, 5.41) is 18.9. The average molecular weight is 229 g/mol. The topological polar surface area (TPSA) is 60.2 Å². The molecule has 1 N–H and O–H groups in total. The van der Waals surface area contributed by atoms with Crippen LogP contribution in [-0.4, -0.2) is 28.8 Å². The zero-order valence-corrected chi connectivity index (χ0v) is 9.58. The Labute approximate surface area is 101 Å². The molecule has 1 aromatic rings. The van der Waals surface area contributed by atoms with Crippen LogP contribution >= 0.6 is 0 Å². The molecule has 1 aromatic heterocycles. The molecule has 0 radical (unpaired) electrons. The van der Waals surface area contributed by atoms with E-state index in [-0.39, 0.29) is 12.1 Å². The molecule has 2 aliphatic rings. The van der Waals surface area contributed by atoms with Gasteiger partial charge in [0.05, 0.1) is 12.1 Å². The predicted octanol–water partition coefficient (Wildman–Crippen LogP) is 1.30.